The number of hydrogen-bond acceptors (Lipinski definition) is 6. The first-order valence-electron chi connectivity index (χ1n) is 8.13. The molecule has 1 amide bonds. The zero-order valence-electron chi connectivity index (χ0n) is 13.9. The number of rotatable bonds is 6. The summed E-state index contributed by atoms with van der Waals surface area (Å²) < 4.78 is 10.6. The van der Waals surface area contributed by atoms with Gasteiger partial charge >= 0.3 is 6.09 Å². The number of nitrogens with zero attached hydrogens (tertiary/aromatic N) is 1. The second-order valence-electron chi connectivity index (χ2n) is 5.89. The number of carbonyl (C=O) groups is 1. The maximum Gasteiger partial charge on any atom is 0.407 e. The molecule has 0 saturated carbocycles. The largest absolute Gasteiger partial charge is 0.497 e. The zero-order chi connectivity index (χ0) is 17.6. The Labute approximate surface area is 145 Å². The highest BCUT2D eigenvalue weighted by Gasteiger charge is 2.37. The number of ether oxygens (including phenoxy) is 2. The van der Waals surface area contributed by atoms with E-state index >= 15 is 0 Å². The van der Waals surface area contributed by atoms with Gasteiger partial charge in [0.05, 0.1) is 19.7 Å². The molecule has 0 bridgehead atoms. The number of nitrogens with one attached hydrogen (secondary N) is 3. The number of alkyl carbamates (subject to hydrolysis) is 1. The minimum absolute atomic E-state index is 0.155. The molecule has 1 aromatic carbocycles. The lowest BCUT2D eigenvalue weighted by molar-refractivity contribution is 0.0187. The summed E-state index contributed by atoms with van der Waals surface area (Å²) in [5.41, 5.74) is 1.07. The lowest BCUT2D eigenvalue weighted by Gasteiger charge is -2.22. The average molecular weight is 346 g/mol. The molecule has 3 atom stereocenters. The number of methoxy groups -OCH3 is 1. The van der Waals surface area contributed by atoms with Crippen molar-refractivity contribution in [1.29, 1.82) is 0 Å². The van der Waals surface area contributed by atoms with E-state index in [4.69, 9.17) is 9.47 Å². The molecule has 1 saturated heterocycles. The number of aliphatic hydroxyl groups is 1. The fourth-order valence-electron chi connectivity index (χ4n) is 2.85. The standard InChI is InChI=1S/C17H22N4O4/c1-24-12-4-2-11(3-5-12)8-13-16(14(22)9-20-13)25-17(23)21-10-15-18-6-7-19-15/h2-7,13-14,16,20,22H,8-10H2,1H3,(H,18,19)(H,21,23)/t13-,14+,16+/m1/s1. The van der Waals surface area contributed by atoms with Crippen LogP contribution in [0, 0.1) is 0 Å². The minimum Gasteiger partial charge on any atom is -0.497 e. The number of β-amino-alcohol motifs (C(OH)–C–C–N with tert-alkyl or cyclic N) is 1. The zero-order valence-corrected chi connectivity index (χ0v) is 13.9. The summed E-state index contributed by atoms with van der Waals surface area (Å²) in [5.74, 6) is 1.42. The molecule has 0 spiro atoms. The van der Waals surface area contributed by atoms with Gasteiger partial charge in [-0.3, -0.25) is 0 Å². The van der Waals surface area contributed by atoms with E-state index < -0.39 is 18.3 Å². The van der Waals surface area contributed by atoms with Crippen LogP contribution in [-0.2, 0) is 17.7 Å². The molecule has 134 valence electrons. The summed E-state index contributed by atoms with van der Waals surface area (Å²) >= 11 is 0. The van der Waals surface area contributed by atoms with Crippen LogP contribution in [-0.4, -0.2) is 53.1 Å². The fourth-order valence-corrected chi connectivity index (χ4v) is 2.85. The number of aliphatic hydroxyl groups excluding tert-OH is 1. The summed E-state index contributed by atoms with van der Waals surface area (Å²) in [6, 6.07) is 7.52. The maximum absolute atomic E-state index is 12.0. The summed E-state index contributed by atoms with van der Waals surface area (Å²) in [5, 5.41) is 15.9. The Morgan fingerprint density at radius 3 is 2.88 bits per heavy atom. The monoisotopic (exact) mass is 346 g/mol. The molecule has 25 heavy (non-hydrogen) atoms. The van der Waals surface area contributed by atoms with Crippen molar-refractivity contribution in [2.24, 2.45) is 0 Å². The van der Waals surface area contributed by atoms with Gasteiger partial charge in [0.1, 0.15) is 23.8 Å². The van der Waals surface area contributed by atoms with Gasteiger partial charge in [0.2, 0.25) is 0 Å². The van der Waals surface area contributed by atoms with Crippen LogP contribution >= 0.6 is 0 Å². The van der Waals surface area contributed by atoms with E-state index in [0.717, 1.165) is 11.3 Å². The highest BCUT2D eigenvalue weighted by Crippen LogP contribution is 2.19. The molecule has 3 rings (SSSR count). The summed E-state index contributed by atoms with van der Waals surface area (Å²) in [4.78, 5) is 18.9. The molecule has 8 nitrogen and oxygen atoms in total. The second kappa shape index (κ2) is 8.00. The molecule has 1 aromatic heterocycles. The van der Waals surface area contributed by atoms with Gasteiger partial charge in [-0.25, -0.2) is 9.78 Å². The van der Waals surface area contributed by atoms with Gasteiger partial charge in [0, 0.05) is 18.9 Å². The van der Waals surface area contributed by atoms with Gasteiger partial charge in [-0.2, -0.15) is 0 Å². The van der Waals surface area contributed by atoms with Crippen molar-refractivity contribution in [3.8, 4) is 5.75 Å². The van der Waals surface area contributed by atoms with Crippen molar-refractivity contribution in [2.45, 2.75) is 31.2 Å². The highest BCUT2D eigenvalue weighted by atomic mass is 16.6. The summed E-state index contributed by atoms with van der Waals surface area (Å²) in [6.07, 6.45) is 1.99. The molecule has 8 heteroatoms. The van der Waals surface area contributed by atoms with Crippen molar-refractivity contribution in [1.82, 2.24) is 20.6 Å². The predicted octanol–water partition coefficient (Wildman–Crippen LogP) is 0.589. The van der Waals surface area contributed by atoms with E-state index in [2.05, 4.69) is 20.6 Å². The van der Waals surface area contributed by atoms with Crippen LogP contribution in [0.1, 0.15) is 11.4 Å². The molecular weight excluding hydrogens is 324 g/mol. The van der Waals surface area contributed by atoms with Gasteiger partial charge in [-0.05, 0) is 24.1 Å². The predicted molar refractivity (Wildman–Crippen MR) is 90.2 cm³/mol. The third kappa shape index (κ3) is 4.49. The number of aromatic nitrogens is 2. The number of amides is 1. The van der Waals surface area contributed by atoms with Crippen LogP contribution in [0.15, 0.2) is 36.7 Å². The fraction of sp³-hybridized carbons (Fsp3) is 0.412. The van der Waals surface area contributed by atoms with E-state index in [1.54, 1.807) is 19.5 Å². The van der Waals surface area contributed by atoms with Gasteiger partial charge in [-0.1, -0.05) is 12.1 Å². The van der Waals surface area contributed by atoms with Crippen molar-refractivity contribution >= 4 is 6.09 Å². The maximum atomic E-state index is 12.0. The van der Waals surface area contributed by atoms with E-state index in [9.17, 15) is 9.90 Å². The van der Waals surface area contributed by atoms with Crippen molar-refractivity contribution in [2.75, 3.05) is 13.7 Å². The molecule has 0 unspecified atom stereocenters. The number of carbonyl (C=O) groups excluding carboxylic acids is 1. The van der Waals surface area contributed by atoms with E-state index in [1.807, 2.05) is 24.3 Å². The first-order chi connectivity index (χ1) is 12.2. The number of H-pyrrole nitrogens is 1. The van der Waals surface area contributed by atoms with Crippen LogP contribution in [0.2, 0.25) is 0 Å². The summed E-state index contributed by atoms with van der Waals surface area (Å²) in [7, 11) is 1.62. The van der Waals surface area contributed by atoms with Gasteiger partial charge in [0.25, 0.3) is 0 Å². The lowest BCUT2D eigenvalue weighted by Crippen LogP contribution is -2.41. The Morgan fingerprint density at radius 1 is 1.40 bits per heavy atom. The van der Waals surface area contributed by atoms with Crippen LogP contribution in [0.5, 0.6) is 5.75 Å². The first kappa shape index (κ1) is 17.2. The van der Waals surface area contributed by atoms with Crippen molar-refractivity contribution < 1.29 is 19.4 Å². The molecule has 2 aromatic rings. The normalized spacial score (nSPS) is 22.6. The molecular formula is C17H22N4O4. The topological polar surface area (TPSA) is 108 Å². The molecule has 4 N–H and O–H groups in total. The smallest absolute Gasteiger partial charge is 0.407 e. The van der Waals surface area contributed by atoms with Crippen LogP contribution in [0.4, 0.5) is 4.79 Å². The van der Waals surface area contributed by atoms with Crippen molar-refractivity contribution in [3.63, 3.8) is 0 Å². The molecule has 1 fully saturated rings. The second-order valence-corrected chi connectivity index (χ2v) is 5.89. The van der Waals surface area contributed by atoms with Crippen LogP contribution in [0.3, 0.4) is 0 Å². The molecule has 2 heterocycles. The van der Waals surface area contributed by atoms with Crippen LogP contribution < -0.4 is 15.4 Å². The Kier molecular flexibility index (Phi) is 5.52. The molecule has 1 aliphatic heterocycles. The average Bonchev–Trinajstić information content (AvgIpc) is 3.26. The summed E-state index contributed by atoms with van der Waals surface area (Å²) in [6.45, 7) is 0.627. The van der Waals surface area contributed by atoms with Gasteiger partial charge in [0.15, 0.2) is 0 Å². The Hall–Kier alpha value is -2.58. The Balaban J connectivity index is 1.55. The SMILES string of the molecule is COc1ccc(C[C@H]2NC[C@H](O)[C@H]2OC(=O)NCc2ncc[nH]2)cc1. The molecule has 1 aliphatic rings. The van der Waals surface area contributed by atoms with E-state index in [1.165, 1.54) is 0 Å². The highest BCUT2D eigenvalue weighted by molar-refractivity contribution is 5.67. The van der Waals surface area contributed by atoms with Gasteiger partial charge in [-0.15, -0.1) is 0 Å². The third-order valence-corrected chi connectivity index (χ3v) is 4.18. The number of hydrogen-bond donors (Lipinski definition) is 4. The molecule has 0 aliphatic carbocycles. The molecule has 0 radical (unpaired) electrons. The third-order valence-electron chi connectivity index (χ3n) is 4.18. The Bertz CT molecular complexity index is 674. The van der Waals surface area contributed by atoms with E-state index in [-0.39, 0.29) is 12.6 Å². The number of benzene rings is 1. The first-order valence-corrected chi connectivity index (χ1v) is 8.13. The van der Waals surface area contributed by atoms with Gasteiger partial charge < -0.3 is 30.2 Å². The minimum atomic E-state index is -0.738. The quantitative estimate of drug-likeness (QED) is 0.610. The number of aromatic amines is 1. The number of imidazole rings is 1. The van der Waals surface area contributed by atoms with Crippen molar-refractivity contribution in [3.05, 3.63) is 48.0 Å². The van der Waals surface area contributed by atoms with Crippen LogP contribution in [0.25, 0.3) is 0 Å². The van der Waals surface area contributed by atoms with E-state index in [0.29, 0.717) is 18.8 Å². The lowest BCUT2D eigenvalue weighted by atomic mass is 10.0. The Morgan fingerprint density at radius 2 is 2.20 bits per heavy atom.